The molecule has 7 nitrogen and oxygen atoms in total. The van der Waals surface area contributed by atoms with E-state index < -0.39 is 0 Å². The fourth-order valence-electron chi connectivity index (χ4n) is 2.74. The van der Waals surface area contributed by atoms with Gasteiger partial charge in [-0.1, -0.05) is 11.6 Å². The lowest BCUT2D eigenvalue weighted by atomic mass is 10.1. The number of nitrogens with one attached hydrogen (secondary N) is 1. The van der Waals surface area contributed by atoms with Gasteiger partial charge in [-0.05, 0) is 18.2 Å². The van der Waals surface area contributed by atoms with Crippen LogP contribution in [0.2, 0.25) is 5.02 Å². The SMILES string of the molecule is O=C(Nc1nc(-c2cccnc2)cs1)c1cnc(OC2CCOCC2)c(Cl)c1. The largest absolute Gasteiger partial charge is 0.473 e. The number of carbonyl (C=O) groups excluding carboxylic acids is 1. The van der Waals surface area contributed by atoms with Crippen molar-refractivity contribution in [3.63, 3.8) is 0 Å². The predicted octanol–water partition coefficient (Wildman–Crippen LogP) is 4.06. The number of thiazole rings is 1. The second-order valence-electron chi connectivity index (χ2n) is 6.17. The molecule has 1 aliphatic heterocycles. The molecule has 0 aromatic carbocycles. The Balaban J connectivity index is 1.42. The van der Waals surface area contributed by atoms with Gasteiger partial charge in [0.1, 0.15) is 11.1 Å². The molecule has 28 heavy (non-hydrogen) atoms. The van der Waals surface area contributed by atoms with Crippen LogP contribution in [0.25, 0.3) is 11.3 Å². The third kappa shape index (κ3) is 4.46. The molecule has 1 aliphatic rings. The summed E-state index contributed by atoms with van der Waals surface area (Å²) < 4.78 is 11.1. The predicted molar refractivity (Wildman–Crippen MR) is 107 cm³/mol. The van der Waals surface area contributed by atoms with Crippen molar-refractivity contribution in [3.8, 4) is 17.1 Å². The van der Waals surface area contributed by atoms with Gasteiger partial charge in [0.2, 0.25) is 5.88 Å². The summed E-state index contributed by atoms with van der Waals surface area (Å²) in [5, 5.41) is 5.42. The van der Waals surface area contributed by atoms with Crippen molar-refractivity contribution in [2.45, 2.75) is 18.9 Å². The molecule has 0 aliphatic carbocycles. The van der Waals surface area contributed by atoms with Gasteiger partial charge in [0, 0.05) is 42.4 Å². The van der Waals surface area contributed by atoms with Crippen molar-refractivity contribution in [1.29, 1.82) is 0 Å². The molecule has 0 spiro atoms. The molecule has 1 fully saturated rings. The van der Waals surface area contributed by atoms with Gasteiger partial charge >= 0.3 is 0 Å². The van der Waals surface area contributed by atoms with Crippen LogP contribution in [0.3, 0.4) is 0 Å². The number of pyridine rings is 2. The summed E-state index contributed by atoms with van der Waals surface area (Å²) >= 11 is 7.60. The molecular formula is C19H17ClN4O3S. The van der Waals surface area contributed by atoms with Crippen molar-refractivity contribution in [2.75, 3.05) is 18.5 Å². The van der Waals surface area contributed by atoms with Crippen LogP contribution >= 0.6 is 22.9 Å². The molecule has 0 bridgehead atoms. The summed E-state index contributed by atoms with van der Waals surface area (Å²) in [4.78, 5) is 25.2. The van der Waals surface area contributed by atoms with Crippen molar-refractivity contribution >= 4 is 34.0 Å². The van der Waals surface area contributed by atoms with Gasteiger partial charge in [0.15, 0.2) is 5.13 Å². The number of carbonyl (C=O) groups is 1. The van der Waals surface area contributed by atoms with E-state index in [4.69, 9.17) is 21.1 Å². The molecule has 1 N–H and O–H groups in total. The minimum atomic E-state index is -0.334. The van der Waals surface area contributed by atoms with E-state index >= 15 is 0 Å². The molecule has 9 heteroatoms. The van der Waals surface area contributed by atoms with Crippen molar-refractivity contribution in [3.05, 3.63) is 52.8 Å². The molecule has 1 amide bonds. The maximum absolute atomic E-state index is 12.5. The second kappa shape index (κ2) is 8.64. The first-order chi connectivity index (χ1) is 13.7. The third-order valence-electron chi connectivity index (χ3n) is 4.20. The molecule has 0 unspecified atom stereocenters. The fraction of sp³-hybridized carbons (Fsp3) is 0.263. The van der Waals surface area contributed by atoms with Crippen LogP contribution in [0.5, 0.6) is 5.88 Å². The number of nitrogens with zero attached hydrogens (tertiary/aromatic N) is 3. The first-order valence-corrected chi connectivity index (χ1v) is 10.0. The normalized spacial score (nSPS) is 14.6. The van der Waals surface area contributed by atoms with Crippen LogP contribution in [0.15, 0.2) is 42.2 Å². The first-order valence-electron chi connectivity index (χ1n) is 8.76. The summed E-state index contributed by atoms with van der Waals surface area (Å²) in [6.45, 7) is 1.33. The molecule has 144 valence electrons. The Morgan fingerprint density at radius 1 is 1.32 bits per heavy atom. The quantitative estimate of drug-likeness (QED) is 0.674. The number of amides is 1. The summed E-state index contributed by atoms with van der Waals surface area (Å²) in [6, 6.07) is 5.30. The van der Waals surface area contributed by atoms with Gasteiger partial charge < -0.3 is 9.47 Å². The van der Waals surface area contributed by atoms with Gasteiger partial charge in [0.05, 0.1) is 24.5 Å². The van der Waals surface area contributed by atoms with Gasteiger partial charge in [-0.3, -0.25) is 15.1 Å². The van der Waals surface area contributed by atoms with Crippen LogP contribution < -0.4 is 10.1 Å². The lowest BCUT2D eigenvalue weighted by molar-refractivity contribution is 0.0238. The van der Waals surface area contributed by atoms with E-state index in [1.165, 1.54) is 17.5 Å². The molecular weight excluding hydrogens is 400 g/mol. The van der Waals surface area contributed by atoms with Crippen molar-refractivity contribution < 1.29 is 14.3 Å². The topological polar surface area (TPSA) is 86.2 Å². The zero-order chi connectivity index (χ0) is 19.3. The highest BCUT2D eigenvalue weighted by atomic mass is 35.5. The van der Waals surface area contributed by atoms with E-state index in [9.17, 15) is 4.79 Å². The molecule has 0 atom stereocenters. The zero-order valence-corrected chi connectivity index (χ0v) is 16.4. The zero-order valence-electron chi connectivity index (χ0n) is 14.8. The first kappa shape index (κ1) is 18.8. The summed E-state index contributed by atoms with van der Waals surface area (Å²) in [7, 11) is 0. The van der Waals surface area contributed by atoms with Gasteiger partial charge in [0.25, 0.3) is 5.91 Å². The lowest BCUT2D eigenvalue weighted by Crippen LogP contribution is -2.26. The van der Waals surface area contributed by atoms with Crippen molar-refractivity contribution in [2.24, 2.45) is 0 Å². The number of rotatable bonds is 5. The number of anilines is 1. The number of ether oxygens (including phenoxy) is 2. The Labute approximate surface area is 170 Å². The van der Waals surface area contributed by atoms with E-state index in [2.05, 4.69) is 20.3 Å². The highest BCUT2D eigenvalue weighted by Crippen LogP contribution is 2.27. The average molecular weight is 417 g/mol. The van der Waals surface area contributed by atoms with E-state index in [0.717, 1.165) is 24.1 Å². The molecule has 0 saturated carbocycles. The number of halogens is 1. The summed E-state index contributed by atoms with van der Waals surface area (Å²) in [5.41, 5.74) is 1.98. The van der Waals surface area contributed by atoms with Crippen LogP contribution in [-0.4, -0.2) is 40.2 Å². The van der Waals surface area contributed by atoms with Crippen LogP contribution in [0.1, 0.15) is 23.2 Å². The summed E-state index contributed by atoms with van der Waals surface area (Å²) in [6.07, 6.45) is 6.49. The number of aromatic nitrogens is 3. The standard InChI is InChI=1S/C19H17ClN4O3S/c20-15-8-13(10-22-18(15)27-14-3-6-26-7-4-14)17(25)24-19-23-16(11-28-19)12-2-1-5-21-9-12/h1-2,5,8-11,14H,3-4,6-7H2,(H,23,24,25). The van der Waals surface area contributed by atoms with Crippen LogP contribution in [0, 0.1) is 0 Å². The maximum atomic E-state index is 12.5. The third-order valence-corrected chi connectivity index (χ3v) is 5.23. The lowest BCUT2D eigenvalue weighted by Gasteiger charge is -2.23. The van der Waals surface area contributed by atoms with E-state index in [1.54, 1.807) is 18.5 Å². The molecule has 4 heterocycles. The Morgan fingerprint density at radius 3 is 2.93 bits per heavy atom. The van der Waals surface area contributed by atoms with Gasteiger partial charge in [-0.15, -0.1) is 11.3 Å². The molecule has 0 radical (unpaired) electrons. The average Bonchev–Trinajstić information content (AvgIpc) is 3.19. The highest BCUT2D eigenvalue weighted by Gasteiger charge is 2.19. The minimum Gasteiger partial charge on any atom is -0.473 e. The Hall–Kier alpha value is -2.55. The molecule has 1 saturated heterocycles. The van der Waals surface area contributed by atoms with Crippen LogP contribution in [-0.2, 0) is 4.74 Å². The van der Waals surface area contributed by atoms with Crippen molar-refractivity contribution in [1.82, 2.24) is 15.0 Å². The fourth-order valence-corrected chi connectivity index (χ4v) is 3.66. The molecule has 4 rings (SSSR count). The van der Waals surface area contributed by atoms with E-state index in [0.29, 0.717) is 34.8 Å². The molecule has 3 aromatic heterocycles. The van der Waals surface area contributed by atoms with Crippen LogP contribution in [0.4, 0.5) is 5.13 Å². The van der Waals surface area contributed by atoms with E-state index in [1.807, 2.05) is 17.5 Å². The smallest absolute Gasteiger partial charge is 0.259 e. The van der Waals surface area contributed by atoms with Gasteiger partial charge in [-0.25, -0.2) is 9.97 Å². The Kier molecular flexibility index (Phi) is 5.80. The Bertz CT molecular complexity index is 961. The second-order valence-corrected chi connectivity index (χ2v) is 7.44. The number of hydrogen-bond donors (Lipinski definition) is 1. The molecule has 3 aromatic rings. The maximum Gasteiger partial charge on any atom is 0.259 e. The van der Waals surface area contributed by atoms with Gasteiger partial charge in [-0.2, -0.15) is 0 Å². The monoisotopic (exact) mass is 416 g/mol. The summed E-state index contributed by atoms with van der Waals surface area (Å²) in [5.74, 6) is -0.00247. The number of hydrogen-bond acceptors (Lipinski definition) is 7. The Morgan fingerprint density at radius 2 is 2.18 bits per heavy atom. The van der Waals surface area contributed by atoms with E-state index in [-0.39, 0.29) is 12.0 Å². The minimum absolute atomic E-state index is 0.0274. The highest BCUT2D eigenvalue weighted by molar-refractivity contribution is 7.14.